The first kappa shape index (κ1) is 18.0. The Morgan fingerprint density at radius 1 is 1.19 bits per heavy atom. The highest BCUT2D eigenvalue weighted by Crippen LogP contribution is 2.11. The van der Waals surface area contributed by atoms with Gasteiger partial charge in [0.2, 0.25) is 0 Å². The molecule has 0 unspecified atom stereocenters. The summed E-state index contributed by atoms with van der Waals surface area (Å²) in [5.41, 5.74) is 3.94. The zero-order valence-corrected chi connectivity index (χ0v) is 15.3. The summed E-state index contributed by atoms with van der Waals surface area (Å²) in [6, 6.07) is 3.52. The van der Waals surface area contributed by atoms with Gasteiger partial charge in [0.1, 0.15) is 5.69 Å². The SMILES string of the molecule is Cc1n[nH]c(C)c1CCCNC(=O)N1CCN(C(=O)c2ccc[nH]2)CC1. The Hall–Kier alpha value is -2.77. The van der Waals surface area contributed by atoms with Crippen LogP contribution in [0.3, 0.4) is 0 Å². The predicted molar refractivity (Wildman–Crippen MR) is 98.1 cm³/mol. The van der Waals surface area contributed by atoms with Gasteiger partial charge >= 0.3 is 6.03 Å². The molecule has 0 atom stereocenters. The first-order valence-electron chi connectivity index (χ1n) is 9.02. The van der Waals surface area contributed by atoms with Crippen molar-refractivity contribution in [2.75, 3.05) is 32.7 Å². The van der Waals surface area contributed by atoms with E-state index >= 15 is 0 Å². The Kier molecular flexibility index (Phi) is 5.60. The molecule has 3 N–H and O–H groups in total. The lowest BCUT2D eigenvalue weighted by molar-refractivity contribution is 0.0660. The molecule has 3 heterocycles. The summed E-state index contributed by atoms with van der Waals surface area (Å²) in [6.45, 7) is 6.85. The number of amides is 3. The second kappa shape index (κ2) is 8.07. The Labute approximate surface area is 152 Å². The quantitative estimate of drug-likeness (QED) is 0.706. The van der Waals surface area contributed by atoms with Gasteiger partial charge in [-0.1, -0.05) is 0 Å². The molecule has 0 bridgehead atoms. The molecule has 1 saturated heterocycles. The van der Waals surface area contributed by atoms with Crippen molar-refractivity contribution in [1.82, 2.24) is 30.3 Å². The molecule has 3 amide bonds. The van der Waals surface area contributed by atoms with Gasteiger partial charge in [-0.25, -0.2) is 4.79 Å². The molecule has 3 rings (SSSR count). The zero-order chi connectivity index (χ0) is 18.5. The average Bonchev–Trinajstić information content (AvgIpc) is 3.29. The highest BCUT2D eigenvalue weighted by atomic mass is 16.2. The van der Waals surface area contributed by atoms with Crippen LogP contribution in [-0.4, -0.2) is 69.6 Å². The maximum absolute atomic E-state index is 12.3. The summed E-state index contributed by atoms with van der Waals surface area (Å²) in [5, 5.41) is 10.1. The van der Waals surface area contributed by atoms with Crippen molar-refractivity contribution < 1.29 is 9.59 Å². The van der Waals surface area contributed by atoms with Crippen LogP contribution in [0.5, 0.6) is 0 Å². The van der Waals surface area contributed by atoms with E-state index in [1.54, 1.807) is 22.1 Å². The molecule has 8 nitrogen and oxygen atoms in total. The molecule has 1 aliphatic rings. The maximum Gasteiger partial charge on any atom is 0.317 e. The number of urea groups is 1. The molecule has 0 spiro atoms. The van der Waals surface area contributed by atoms with Crippen molar-refractivity contribution >= 4 is 11.9 Å². The smallest absolute Gasteiger partial charge is 0.317 e. The second-order valence-electron chi connectivity index (χ2n) is 6.61. The van der Waals surface area contributed by atoms with E-state index in [-0.39, 0.29) is 11.9 Å². The van der Waals surface area contributed by atoms with Gasteiger partial charge in [0.05, 0.1) is 5.69 Å². The number of carbonyl (C=O) groups is 2. The van der Waals surface area contributed by atoms with Gasteiger partial charge in [0.25, 0.3) is 5.91 Å². The molecule has 140 valence electrons. The molecule has 0 aliphatic carbocycles. The lowest BCUT2D eigenvalue weighted by Gasteiger charge is -2.34. The number of carbonyl (C=O) groups excluding carboxylic acids is 2. The predicted octanol–water partition coefficient (Wildman–Crippen LogP) is 1.45. The summed E-state index contributed by atoms with van der Waals surface area (Å²) in [7, 11) is 0. The number of nitrogens with one attached hydrogen (secondary N) is 3. The highest BCUT2D eigenvalue weighted by Gasteiger charge is 2.24. The largest absolute Gasteiger partial charge is 0.357 e. The summed E-state index contributed by atoms with van der Waals surface area (Å²) in [6.07, 6.45) is 3.51. The van der Waals surface area contributed by atoms with E-state index in [2.05, 4.69) is 20.5 Å². The topological polar surface area (TPSA) is 97.1 Å². The van der Waals surface area contributed by atoms with Crippen LogP contribution in [0.15, 0.2) is 18.3 Å². The van der Waals surface area contributed by atoms with E-state index in [1.165, 1.54) is 5.56 Å². The van der Waals surface area contributed by atoms with E-state index < -0.39 is 0 Å². The van der Waals surface area contributed by atoms with E-state index in [0.717, 1.165) is 24.2 Å². The van der Waals surface area contributed by atoms with Crippen molar-refractivity contribution in [3.8, 4) is 0 Å². The Balaban J connectivity index is 1.38. The molecule has 0 aromatic carbocycles. The first-order chi connectivity index (χ1) is 12.6. The third-order valence-electron chi connectivity index (χ3n) is 4.84. The first-order valence-corrected chi connectivity index (χ1v) is 9.02. The Bertz CT molecular complexity index is 724. The fraction of sp³-hybridized carbons (Fsp3) is 0.500. The average molecular weight is 358 g/mol. The number of piperazine rings is 1. The van der Waals surface area contributed by atoms with Gasteiger partial charge in [0.15, 0.2) is 0 Å². The molecule has 26 heavy (non-hydrogen) atoms. The van der Waals surface area contributed by atoms with Crippen molar-refractivity contribution in [2.24, 2.45) is 0 Å². The van der Waals surface area contributed by atoms with Crippen LogP contribution < -0.4 is 5.32 Å². The summed E-state index contributed by atoms with van der Waals surface area (Å²) in [4.78, 5) is 31.0. The van der Waals surface area contributed by atoms with Crippen molar-refractivity contribution in [2.45, 2.75) is 26.7 Å². The van der Waals surface area contributed by atoms with Crippen LogP contribution in [0.1, 0.15) is 33.9 Å². The highest BCUT2D eigenvalue weighted by molar-refractivity contribution is 5.92. The summed E-state index contributed by atoms with van der Waals surface area (Å²) >= 11 is 0. The van der Waals surface area contributed by atoms with Gasteiger partial charge in [-0.2, -0.15) is 5.10 Å². The van der Waals surface area contributed by atoms with Crippen LogP contribution in [-0.2, 0) is 6.42 Å². The number of hydrogen-bond donors (Lipinski definition) is 3. The lowest BCUT2D eigenvalue weighted by Crippen LogP contribution is -2.53. The molecule has 8 heteroatoms. The summed E-state index contributed by atoms with van der Waals surface area (Å²) < 4.78 is 0. The number of aromatic amines is 2. The van der Waals surface area contributed by atoms with Gasteiger partial charge in [-0.3, -0.25) is 9.89 Å². The van der Waals surface area contributed by atoms with E-state index in [1.807, 2.05) is 19.9 Å². The molecule has 1 fully saturated rings. The van der Waals surface area contributed by atoms with Crippen LogP contribution in [0.4, 0.5) is 4.79 Å². The maximum atomic E-state index is 12.3. The number of aryl methyl sites for hydroxylation is 2. The molecule has 2 aromatic rings. The standard InChI is InChI=1S/C18H26N6O2/c1-13-15(14(2)22-21-13)5-3-8-20-18(26)24-11-9-23(10-12-24)17(25)16-6-4-7-19-16/h4,6-7,19H,3,5,8-12H2,1-2H3,(H,20,26)(H,21,22). The zero-order valence-electron chi connectivity index (χ0n) is 15.3. The fourth-order valence-corrected chi connectivity index (χ4v) is 3.26. The number of aromatic nitrogens is 3. The van der Waals surface area contributed by atoms with Crippen molar-refractivity contribution in [1.29, 1.82) is 0 Å². The van der Waals surface area contributed by atoms with Crippen molar-refractivity contribution in [3.63, 3.8) is 0 Å². The Morgan fingerprint density at radius 2 is 1.92 bits per heavy atom. The van der Waals surface area contributed by atoms with Crippen LogP contribution in [0, 0.1) is 13.8 Å². The fourth-order valence-electron chi connectivity index (χ4n) is 3.26. The molecule has 2 aromatic heterocycles. The Morgan fingerprint density at radius 3 is 2.54 bits per heavy atom. The second-order valence-corrected chi connectivity index (χ2v) is 6.61. The normalized spacial score (nSPS) is 14.5. The number of hydrogen-bond acceptors (Lipinski definition) is 3. The minimum absolute atomic E-state index is 0.0130. The van der Waals surface area contributed by atoms with Gasteiger partial charge in [-0.15, -0.1) is 0 Å². The van der Waals surface area contributed by atoms with Gasteiger partial charge in [0, 0.05) is 44.6 Å². The number of rotatable bonds is 5. The van der Waals surface area contributed by atoms with Crippen molar-refractivity contribution in [3.05, 3.63) is 41.0 Å². The monoisotopic (exact) mass is 358 g/mol. The summed E-state index contributed by atoms with van der Waals surface area (Å²) in [5.74, 6) is -0.0130. The molecular formula is C18H26N6O2. The number of H-pyrrole nitrogens is 2. The third-order valence-corrected chi connectivity index (χ3v) is 4.84. The molecular weight excluding hydrogens is 332 g/mol. The van der Waals surface area contributed by atoms with E-state index in [0.29, 0.717) is 38.4 Å². The van der Waals surface area contributed by atoms with Crippen LogP contribution in [0.2, 0.25) is 0 Å². The minimum Gasteiger partial charge on any atom is -0.357 e. The molecule has 0 saturated carbocycles. The van der Waals surface area contributed by atoms with E-state index in [4.69, 9.17) is 0 Å². The minimum atomic E-state index is -0.0578. The van der Waals surface area contributed by atoms with Gasteiger partial charge in [-0.05, 0) is 44.4 Å². The third kappa shape index (κ3) is 4.07. The molecule has 1 aliphatic heterocycles. The van der Waals surface area contributed by atoms with Crippen LogP contribution >= 0.6 is 0 Å². The lowest BCUT2D eigenvalue weighted by atomic mass is 10.1. The van der Waals surface area contributed by atoms with E-state index in [9.17, 15) is 9.59 Å². The molecule has 0 radical (unpaired) electrons. The van der Waals surface area contributed by atoms with Gasteiger partial charge < -0.3 is 20.1 Å². The number of nitrogens with zero attached hydrogens (tertiary/aromatic N) is 3. The van der Waals surface area contributed by atoms with Crippen LogP contribution in [0.25, 0.3) is 0 Å².